The number of nitrogens with zero attached hydrogens (tertiary/aromatic N) is 1. The monoisotopic (exact) mass is 345 g/mol. The molecule has 0 bridgehead atoms. The molecule has 110 valence electrons. The van der Waals surface area contributed by atoms with Gasteiger partial charge < -0.3 is 10.0 Å². The van der Waals surface area contributed by atoms with E-state index in [0.29, 0.717) is 5.92 Å². The fourth-order valence-corrected chi connectivity index (χ4v) is 3.47. The Morgan fingerprint density at radius 1 is 1.19 bits per heavy atom. The maximum absolute atomic E-state index is 10.00. The molecule has 1 aliphatic rings. The van der Waals surface area contributed by atoms with Crippen molar-refractivity contribution in [1.29, 1.82) is 0 Å². The number of rotatable bonds is 3. The van der Waals surface area contributed by atoms with E-state index < -0.39 is 6.10 Å². The van der Waals surface area contributed by atoms with Crippen LogP contribution in [0.4, 0.5) is 5.69 Å². The smallest absolute Gasteiger partial charge is 0.0782 e. The molecule has 2 unspecified atom stereocenters. The Balaban J connectivity index is 1.85. The van der Waals surface area contributed by atoms with E-state index in [1.165, 1.54) is 5.56 Å². The van der Waals surface area contributed by atoms with Crippen molar-refractivity contribution in [2.75, 3.05) is 18.0 Å². The first-order valence-corrected chi connectivity index (χ1v) is 8.22. The third-order valence-corrected chi connectivity index (χ3v) is 4.74. The quantitative estimate of drug-likeness (QED) is 0.885. The van der Waals surface area contributed by atoms with Crippen molar-refractivity contribution < 1.29 is 5.11 Å². The van der Waals surface area contributed by atoms with E-state index >= 15 is 0 Å². The topological polar surface area (TPSA) is 23.5 Å². The maximum Gasteiger partial charge on any atom is 0.0782 e. The molecule has 1 fully saturated rings. The molecule has 21 heavy (non-hydrogen) atoms. The molecule has 1 aliphatic heterocycles. The number of benzene rings is 2. The van der Waals surface area contributed by atoms with Gasteiger partial charge in [0.15, 0.2) is 0 Å². The summed E-state index contributed by atoms with van der Waals surface area (Å²) in [5.74, 6) is 0.576. The van der Waals surface area contributed by atoms with Gasteiger partial charge in [0.2, 0.25) is 0 Å². The van der Waals surface area contributed by atoms with Crippen LogP contribution in [-0.2, 0) is 0 Å². The van der Waals surface area contributed by atoms with Gasteiger partial charge in [-0.3, -0.25) is 0 Å². The highest BCUT2D eigenvalue weighted by atomic mass is 79.9. The van der Waals surface area contributed by atoms with Gasteiger partial charge in [0, 0.05) is 34.7 Å². The number of hydrogen-bond acceptors (Lipinski definition) is 2. The van der Waals surface area contributed by atoms with Gasteiger partial charge in [-0.2, -0.15) is 0 Å². The number of anilines is 1. The van der Waals surface area contributed by atoms with Crippen LogP contribution in [0.2, 0.25) is 0 Å². The lowest BCUT2D eigenvalue weighted by atomic mass is 9.99. The summed E-state index contributed by atoms with van der Waals surface area (Å²) in [6.45, 7) is 3.88. The summed E-state index contributed by atoms with van der Waals surface area (Å²) in [4.78, 5) is 2.39. The molecule has 1 N–H and O–H groups in total. The van der Waals surface area contributed by atoms with Crippen LogP contribution >= 0.6 is 15.9 Å². The number of halogens is 1. The van der Waals surface area contributed by atoms with E-state index in [4.69, 9.17) is 0 Å². The maximum atomic E-state index is 10.00. The fourth-order valence-electron chi connectivity index (χ4n) is 3.12. The van der Waals surface area contributed by atoms with Gasteiger partial charge in [-0.1, -0.05) is 52.3 Å². The van der Waals surface area contributed by atoms with Crippen LogP contribution in [0.5, 0.6) is 0 Å². The van der Waals surface area contributed by atoms with E-state index in [-0.39, 0.29) is 0 Å². The minimum absolute atomic E-state index is 0.441. The molecule has 0 saturated carbocycles. The van der Waals surface area contributed by atoms with Crippen LogP contribution in [0, 0.1) is 0 Å². The first-order chi connectivity index (χ1) is 10.1. The summed E-state index contributed by atoms with van der Waals surface area (Å²) in [7, 11) is 0. The van der Waals surface area contributed by atoms with Crippen LogP contribution in [0.3, 0.4) is 0 Å². The minimum Gasteiger partial charge on any atom is -0.389 e. The minimum atomic E-state index is -0.441. The van der Waals surface area contributed by atoms with E-state index in [0.717, 1.165) is 35.2 Å². The van der Waals surface area contributed by atoms with Crippen molar-refractivity contribution >= 4 is 21.6 Å². The van der Waals surface area contributed by atoms with E-state index in [1.54, 1.807) is 0 Å². The second-order valence-electron chi connectivity index (χ2n) is 5.72. The predicted molar refractivity (Wildman–Crippen MR) is 90.8 cm³/mol. The Bertz CT molecular complexity index is 612. The molecular weight excluding hydrogens is 326 g/mol. The zero-order chi connectivity index (χ0) is 14.8. The van der Waals surface area contributed by atoms with E-state index in [9.17, 15) is 5.11 Å². The summed E-state index contributed by atoms with van der Waals surface area (Å²) in [6.07, 6.45) is 0.722. The molecule has 0 radical (unpaired) electrons. The van der Waals surface area contributed by atoms with Gasteiger partial charge in [0.25, 0.3) is 0 Å². The van der Waals surface area contributed by atoms with Crippen LogP contribution < -0.4 is 4.90 Å². The van der Waals surface area contributed by atoms with E-state index in [1.807, 2.05) is 19.1 Å². The second kappa shape index (κ2) is 6.20. The van der Waals surface area contributed by atoms with Crippen molar-refractivity contribution in [2.45, 2.75) is 25.4 Å². The molecule has 0 amide bonds. The van der Waals surface area contributed by atoms with Gasteiger partial charge in [-0.05, 0) is 31.0 Å². The molecule has 0 spiro atoms. The van der Waals surface area contributed by atoms with Crippen LogP contribution in [0.25, 0.3) is 0 Å². The van der Waals surface area contributed by atoms with Gasteiger partial charge >= 0.3 is 0 Å². The summed E-state index contributed by atoms with van der Waals surface area (Å²) in [5.41, 5.74) is 3.57. The van der Waals surface area contributed by atoms with Gasteiger partial charge in [0.1, 0.15) is 0 Å². The van der Waals surface area contributed by atoms with E-state index in [2.05, 4.69) is 57.2 Å². The standard InChI is InChI=1S/C18H20BrNO/c1-13(21)17-8-7-16(19)11-18(17)20-10-9-15(12-20)14-5-3-2-4-6-14/h2-8,11,13,15,21H,9-10,12H2,1H3. The Morgan fingerprint density at radius 3 is 2.67 bits per heavy atom. The molecule has 2 atom stereocenters. The molecule has 2 aromatic rings. The Labute approximate surface area is 134 Å². The first-order valence-electron chi connectivity index (χ1n) is 7.42. The highest BCUT2D eigenvalue weighted by Crippen LogP contribution is 2.35. The van der Waals surface area contributed by atoms with Gasteiger partial charge in [-0.15, -0.1) is 0 Å². The van der Waals surface area contributed by atoms with Crippen LogP contribution in [0.15, 0.2) is 53.0 Å². The molecule has 2 aromatic carbocycles. The lowest BCUT2D eigenvalue weighted by Crippen LogP contribution is -2.21. The zero-order valence-corrected chi connectivity index (χ0v) is 13.8. The first kappa shape index (κ1) is 14.6. The second-order valence-corrected chi connectivity index (χ2v) is 6.64. The third kappa shape index (κ3) is 3.14. The fraction of sp³-hybridized carbons (Fsp3) is 0.333. The van der Waals surface area contributed by atoms with Gasteiger partial charge in [-0.25, -0.2) is 0 Å². The summed E-state index contributed by atoms with van der Waals surface area (Å²) < 4.78 is 1.06. The summed E-state index contributed by atoms with van der Waals surface area (Å²) >= 11 is 3.54. The summed E-state index contributed by atoms with van der Waals surface area (Å²) in [5, 5.41) is 10.00. The molecule has 1 saturated heterocycles. The van der Waals surface area contributed by atoms with Crippen molar-refractivity contribution in [1.82, 2.24) is 0 Å². The van der Waals surface area contributed by atoms with Crippen LogP contribution in [-0.4, -0.2) is 18.2 Å². The number of hydrogen-bond donors (Lipinski definition) is 1. The Hall–Kier alpha value is -1.32. The molecule has 1 heterocycles. The molecular formula is C18H20BrNO. The van der Waals surface area contributed by atoms with Crippen molar-refractivity contribution in [3.63, 3.8) is 0 Å². The lowest BCUT2D eigenvalue weighted by molar-refractivity contribution is 0.199. The number of aliphatic hydroxyl groups excluding tert-OH is 1. The largest absolute Gasteiger partial charge is 0.389 e. The molecule has 3 rings (SSSR count). The van der Waals surface area contributed by atoms with Crippen molar-refractivity contribution in [3.8, 4) is 0 Å². The van der Waals surface area contributed by atoms with Crippen molar-refractivity contribution in [2.24, 2.45) is 0 Å². The Kier molecular flexibility index (Phi) is 4.32. The normalized spacial score (nSPS) is 19.8. The lowest BCUT2D eigenvalue weighted by Gasteiger charge is -2.24. The van der Waals surface area contributed by atoms with Crippen molar-refractivity contribution in [3.05, 3.63) is 64.1 Å². The Morgan fingerprint density at radius 2 is 1.95 bits per heavy atom. The van der Waals surface area contributed by atoms with Crippen LogP contribution in [0.1, 0.15) is 36.5 Å². The predicted octanol–water partition coefficient (Wildman–Crippen LogP) is 4.50. The molecule has 3 heteroatoms. The SMILES string of the molecule is CC(O)c1ccc(Br)cc1N1CCC(c2ccccc2)C1. The highest BCUT2D eigenvalue weighted by molar-refractivity contribution is 9.10. The molecule has 0 aliphatic carbocycles. The number of aliphatic hydroxyl groups is 1. The molecule has 0 aromatic heterocycles. The zero-order valence-electron chi connectivity index (χ0n) is 12.2. The van der Waals surface area contributed by atoms with Gasteiger partial charge in [0.05, 0.1) is 6.10 Å². The highest BCUT2D eigenvalue weighted by Gasteiger charge is 2.26. The molecule has 2 nitrogen and oxygen atoms in total. The third-order valence-electron chi connectivity index (χ3n) is 4.24. The average Bonchev–Trinajstić information content (AvgIpc) is 2.97. The summed E-state index contributed by atoms with van der Waals surface area (Å²) in [6, 6.07) is 16.8. The average molecular weight is 346 g/mol.